The van der Waals surface area contributed by atoms with Crippen LogP contribution in [0.3, 0.4) is 0 Å². The Morgan fingerprint density at radius 1 is 0.913 bits per heavy atom. The normalized spacial score (nSPS) is 11.9. The molecular formula is C19H20N4. The third-order valence-corrected chi connectivity index (χ3v) is 3.61. The SMILES string of the molecule is NC(CNc1cccc(-c2ccncc2)n1)Cc1ccccc1. The van der Waals surface area contributed by atoms with E-state index < -0.39 is 0 Å². The number of anilines is 1. The first-order valence-electron chi connectivity index (χ1n) is 7.72. The molecule has 4 heteroatoms. The highest BCUT2D eigenvalue weighted by molar-refractivity contribution is 5.60. The largest absolute Gasteiger partial charge is 0.368 e. The minimum absolute atomic E-state index is 0.0452. The molecule has 2 heterocycles. The van der Waals surface area contributed by atoms with Gasteiger partial charge in [0.05, 0.1) is 5.69 Å². The van der Waals surface area contributed by atoms with Gasteiger partial charge in [-0.25, -0.2) is 4.98 Å². The molecule has 2 aromatic heterocycles. The van der Waals surface area contributed by atoms with Crippen LogP contribution in [0.25, 0.3) is 11.3 Å². The van der Waals surface area contributed by atoms with Crippen LogP contribution in [0, 0.1) is 0 Å². The quantitative estimate of drug-likeness (QED) is 0.734. The zero-order valence-electron chi connectivity index (χ0n) is 12.9. The Labute approximate surface area is 136 Å². The summed E-state index contributed by atoms with van der Waals surface area (Å²) in [6.45, 7) is 0.682. The van der Waals surface area contributed by atoms with Gasteiger partial charge in [-0.1, -0.05) is 36.4 Å². The highest BCUT2D eigenvalue weighted by Gasteiger charge is 2.05. The molecule has 0 bridgehead atoms. The van der Waals surface area contributed by atoms with Crippen LogP contribution >= 0.6 is 0 Å². The van der Waals surface area contributed by atoms with Crippen molar-refractivity contribution in [1.29, 1.82) is 0 Å². The van der Waals surface area contributed by atoms with E-state index >= 15 is 0 Å². The summed E-state index contributed by atoms with van der Waals surface area (Å²) in [6.07, 6.45) is 4.39. The molecule has 1 unspecified atom stereocenters. The van der Waals surface area contributed by atoms with E-state index in [1.54, 1.807) is 12.4 Å². The monoisotopic (exact) mass is 304 g/mol. The smallest absolute Gasteiger partial charge is 0.126 e. The molecule has 1 aromatic carbocycles. The van der Waals surface area contributed by atoms with E-state index in [0.29, 0.717) is 6.54 Å². The third kappa shape index (κ3) is 4.37. The third-order valence-electron chi connectivity index (χ3n) is 3.61. The number of nitrogens with zero attached hydrogens (tertiary/aromatic N) is 2. The van der Waals surface area contributed by atoms with Crippen molar-refractivity contribution in [2.24, 2.45) is 5.73 Å². The highest BCUT2D eigenvalue weighted by Crippen LogP contribution is 2.17. The fourth-order valence-electron chi connectivity index (χ4n) is 2.44. The number of nitrogens with two attached hydrogens (primary N) is 1. The lowest BCUT2D eigenvalue weighted by Crippen LogP contribution is -2.31. The van der Waals surface area contributed by atoms with Gasteiger partial charge in [-0.05, 0) is 36.2 Å². The van der Waals surface area contributed by atoms with E-state index in [9.17, 15) is 0 Å². The summed E-state index contributed by atoms with van der Waals surface area (Å²) in [5, 5.41) is 3.32. The summed E-state index contributed by atoms with van der Waals surface area (Å²) in [5.41, 5.74) is 9.43. The van der Waals surface area contributed by atoms with Crippen molar-refractivity contribution in [3.63, 3.8) is 0 Å². The molecule has 0 saturated carbocycles. The van der Waals surface area contributed by atoms with Crippen LogP contribution in [-0.2, 0) is 6.42 Å². The van der Waals surface area contributed by atoms with Gasteiger partial charge in [0.1, 0.15) is 5.82 Å². The number of benzene rings is 1. The van der Waals surface area contributed by atoms with E-state index in [0.717, 1.165) is 23.5 Å². The van der Waals surface area contributed by atoms with Crippen LogP contribution in [0.15, 0.2) is 73.1 Å². The highest BCUT2D eigenvalue weighted by atomic mass is 15.0. The number of aromatic nitrogens is 2. The topological polar surface area (TPSA) is 63.8 Å². The molecule has 0 fully saturated rings. The molecule has 116 valence electrons. The van der Waals surface area contributed by atoms with E-state index in [-0.39, 0.29) is 6.04 Å². The second kappa shape index (κ2) is 7.51. The van der Waals surface area contributed by atoms with E-state index in [1.807, 2.05) is 48.5 Å². The minimum Gasteiger partial charge on any atom is -0.368 e. The second-order valence-electron chi connectivity index (χ2n) is 5.47. The van der Waals surface area contributed by atoms with Crippen molar-refractivity contribution in [2.75, 3.05) is 11.9 Å². The molecular weight excluding hydrogens is 284 g/mol. The van der Waals surface area contributed by atoms with E-state index in [1.165, 1.54) is 5.56 Å². The second-order valence-corrected chi connectivity index (χ2v) is 5.47. The molecule has 0 radical (unpaired) electrons. The fraction of sp³-hybridized carbons (Fsp3) is 0.158. The van der Waals surface area contributed by atoms with Crippen LogP contribution in [-0.4, -0.2) is 22.6 Å². The number of hydrogen-bond acceptors (Lipinski definition) is 4. The van der Waals surface area contributed by atoms with Crippen molar-refractivity contribution in [3.05, 3.63) is 78.6 Å². The molecule has 0 amide bonds. The molecule has 1 atom stereocenters. The molecule has 4 nitrogen and oxygen atoms in total. The molecule has 3 aromatic rings. The number of pyridine rings is 2. The molecule has 0 aliphatic rings. The van der Waals surface area contributed by atoms with Gasteiger partial charge in [0, 0.05) is 30.5 Å². The number of hydrogen-bond donors (Lipinski definition) is 2. The van der Waals surface area contributed by atoms with Crippen molar-refractivity contribution in [3.8, 4) is 11.3 Å². The van der Waals surface area contributed by atoms with Crippen molar-refractivity contribution in [2.45, 2.75) is 12.5 Å². The lowest BCUT2D eigenvalue weighted by atomic mass is 10.1. The summed E-state index contributed by atoms with van der Waals surface area (Å²) >= 11 is 0. The first kappa shape index (κ1) is 15.2. The van der Waals surface area contributed by atoms with Crippen LogP contribution in [0.1, 0.15) is 5.56 Å². The first-order chi connectivity index (χ1) is 11.3. The van der Waals surface area contributed by atoms with E-state index in [4.69, 9.17) is 5.73 Å². The molecule has 3 rings (SSSR count). The standard InChI is InChI=1S/C19H20N4/c20-17(13-15-5-2-1-3-6-15)14-22-19-8-4-7-18(23-19)16-9-11-21-12-10-16/h1-12,17H,13-14,20H2,(H,22,23). The number of rotatable bonds is 6. The Balaban J connectivity index is 1.60. The molecule has 0 spiro atoms. The van der Waals surface area contributed by atoms with Gasteiger partial charge in [-0.3, -0.25) is 4.98 Å². The number of nitrogens with one attached hydrogen (secondary N) is 1. The Morgan fingerprint density at radius 2 is 1.70 bits per heavy atom. The first-order valence-corrected chi connectivity index (χ1v) is 7.72. The summed E-state index contributed by atoms with van der Waals surface area (Å²) in [5.74, 6) is 0.836. The fourth-order valence-corrected chi connectivity index (χ4v) is 2.44. The van der Waals surface area contributed by atoms with Gasteiger partial charge in [-0.15, -0.1) is 0 Å². The lowest BCUT2D eigenvalue weighted by Gasteiger charge is -2.14. The maximum absolute atomic E-state index is 6.20. The Hall–Kier alpha value is -2.72. The zero-order chi connectivity index (χ0) is 15.9. The summed E-state index contributed by atoms with van der Waals surface area (Å²) in [4.78, 5) is 8.66. The van der Waals surface area contributed by atoms with Crippen molar-refractivity contribution >= 4 is 5.82 Å². The van der Waals surface area contributed by atoms with Crippen LogP contribution in [0.4, 0.5) is 5.82 Å². The van der Waals surface area contributed by atoms with Gasteiger partial charge in [0.15, 0.2) is 0 Å². The Kier molecular flexibility index (Phi) is 4.96. The molecule has 0 aliphatic heterocycles. The molecule has 23 heavy (non-hydrogen) atoms. The van der Waals surface area contributed by atoms with Crippen molar-refractivity contribution in [1.82, 2.24) is 9.97 Å². The van der Waals surface area contributed by atoms with Crippen LogP contribution in [0.2, 0.25) is 0 Å². The Bertz CT molecular complexity index is 729. The van der Waals surface area contributed by atoms with Gasteiger partial charge in [0.25, 0.3) is 0 Å². The lowest BCUT2D eigenvalue weighted by molar-refractivity contribution is 0.698. The minimum atomic E-state index is 0.0452. The van der Waals surface area contributed by atoms with Gasteiger partial charge in [-0.2, -0.15) is 0 Å². The average Bonchev–Trinajstić information content (AvgIpc) is 2.62. The maximum Gasteiger partial charge on any atom is 0.126 e. The van der Waals surface area contributed by atoms with Crippen LogP contribution in [0.5, 0.6) is 0 Å². The van der Waals surface area contributed by atoms with E-state index in [2.05, 4.69) is 27.4 Å². The Morgan fingerprint density at radius 3 is 2.48 bits per heavy atom. The molecule has 0 saturated heterocycles. The predicted octanol–water partition coefficient (Wildman–Crippen LogP) is 3.13. The average molecular weight is 304 g/mol. The zero-order valence-corrected chi connectivity index (χ0v) is 12.9. The van der Waals surface area contributed by atoms with Crippen molar-refractivity contribution < 1.29 is 0 Å². The summed E-state index contributed by atoms with van der Waals surface area (Å²) in [7, 11) is 0. The molecule has 3 N–H and O–H groups in total. The predicted molar refractivity (Wildman–Crippen MR) is 94.1 cm³/mol. The molecule has 0 aliphatic carbocycles. The summed E-state index contributed by atoms with van der Waals surface area (Å²) < 4.78 is 0. The van der Waals surface area contributed by atoms with Gasteiger partial charge in [0.2, 0.25) is 0 Å². The van der Waals surface area contributed by atoms with Gasteiger partial charge >= 0.3 is 0 Å². The summed E-state index contributed by atoms with van der Waals surface area (Å²) in [6, 6.07) is 20.2. The van der Waals surface area contributed by atoms with Crippen LogP contribution < -0.4 is 11.1 Å². The maximum atomic E-state index is 6.20. The van der Waals surface area contributed by atoms with Gasteiger partial charge < -0.3 is 11.1 Å².